The number of nitrogens with one attached hydrogen (secondary N) is 1. The first kappa shape index (κ1) is 16.0. The summed E-state index contributed by atoms with van der Waals surface area (Å²) in [5.74, 6) is -1.58. The fraction of sp³-hybridized carbons (Fsp3) is 0.154. The van der Waals surface area contributed by atoms with Gasteiger partial charge in [-0.3, -0.25) is 14.9 Å². The Kier molecular flexibility index (Phi) is 4.93. The van der Waals surface area contributed by atoms with Gasteiger partial charge in [0.25, 0.3) is 11.7 Å². The molecule has 23 heavy (non-hydrogen) atoms. The number of halogens is 2. The van der Waals surface area contributed by atoms with Crippen LogP contribution < -0.4 is 10.1 Å². The van der Waals surface area contributed by atoms with E-state index in [9.17, 15) is 18.4 Å². The van der Waals surface area contributed by atoms with Gasteiger partial charge in [0.2, 0.25) is 5.91 Å². The molecule has 2 amide bonds. The van der Waals surface area contributed by atoms with Crippen molar-refractivity contribution in [2.45, 2.75) is 13.2 Å². The molecular weight excluding hydrogens is 312 g/mol. The van der Waals surface area contributed by atoms with E-state index in [4.69, 9.17) is 5.26 Å². The Morgan fingerprint density at radius 1 is 1.35 bits per heavy atom. The molecule has 1 N–H and O–H groups in total. The van der Waals surface area contributed by atoms with Crippen molar-refractivity contribution >= 4 is 11.8 Å². The maximum absolute atomic E-state index is 12.0. The number of hydrogen-bond acceptors (Lipinski definition) is 6. The average molecular weight is 321 g/mol. The van der Waals surface area contributed by atoms with E-state index in [1.54, 1.807) is 6.07 Å². The number of nitriles is 1. The number of carbonyl (C=O) groups excluding carboxylic acids is 2. The van der Waals surface area contributed by atoms with E-state index in [0.717, 1.165) is 4.68 Å². The van der Waals surface area contributed by atoms with Crippen LogP contribution in [0.3, 0.4) is 0 Å². The van der Waals surface area contributed by atoms with Crippen molar-refractivity contribution in [3.05, 3.63) is 42.0 Å². The maximum Gasteiger partial charge on any atom is 0.387 e. The normalized spacial score (nSPS) is 10.2. The second-order valence-corrected chi connectivity index (χ2v) is 4.16. The van der Waals surface area contributed by atoms with Gasteiger partial charge in [0.05, 0.1) is 0 Å². The number of alkyl halides is 2. The highest BCUT2D eigenvalue weighted by Crippen LogP contribution is 2.14. The first-order valence-electron chi connectivity index (χ1n) is 6.16. The second kappa shape index (κ2) is 7.08. The van der Waals surface area contributed by atoms with Gasteiger partial charge in [-0.15, -0.1) is 5.10 Å². The van der Waals surface area contributed by atoms with Crippen LogP contribution in [-0.2, 0) is 11.3 Å². The summed E-state index contributed by atoms with van der Waals surface area (Å²) in [7, 11) is 0. The number of amides is 2. The molecule has 0 radical (unpaired) electrons. The molecule has 0 saturated heterocycles. The zero-order chi connectivity index (χ0) is 16.8. The van der Waals surface area contributed by atoms with E-state index in [-0.39, 0.29) is 23.7 Å². The molecule has 10 heteroatoms. The number of hydrogen-bond donors (Lipinski definition) is 1. The Hall–Kier alpha value is -3.35. The van der Waals surface area contributed by atoms with Crippen molar-refractivity contribution in [2.24, 2.45) is 0 Å². The molecular formula is C13H9F2N5O3. The minimum Gasteiger partial charge on any atom is -0.435 e. The largest absolute Gasteiger partial charge is 0.435 e. The van der Waals surface area contributed by atoms with Gasteiger partial charge in [0.15, 0.2) is 0 Å². The van der Waals surface area contributed by atoms with Crippen molar-refractivity contribution in [1.29, 1.82) is 5.26 Å². The summed E-state index contributed by atoms with van der Waals surface area (Å²) in [5.41, 5.74) is 0.0938. The van der Waals surface area contributed by atoms with E-state index in [0.29, 0.717) is 0 Å². The molecule has 118 valence electrons. The standard InChI is InChI=1S/C13H9F2N5O3/c14-13(15)23-9-3-1-8(2-4-9)12(22)18-11(21)6-20-7-17-10(5-16)19-20/h1-4,7,13H,6H2,(H,18,21,22). The Balaban J connectivity index is 1.93. The summed E-state index contributed by atoms with van der Waals surface area (Å²) in [6, 6.07) is 6.54. The van der Waals surface area contributed by atoms with Gasteiger partial charge in [0, 0.05) is 5.56 Å². The molecule has 2 aromatic rings. The molecule has 0 spiro atoms. The fourth-order valence-corrected chi connectivity index (χ4v) is 1.60. The lowest BCUT2D eigenvalue weighted by Gasteiger charge is -2.06. The molecule has 1 aromatic heterocycles. The molecule has 1 heterocycles. The Morgan fingerprint density at radius 3 is 2.61 bits per heavy atom. The average Bonchev–Trinajstić information content (AvgIpc) is 2.94. The summed E-state index contributed by atoms with van der Waals surface area (Å²) < 4.78 is 29.3. The van der Waals surface area contributed by atoms with Crippen LogP contribution >= 0.6 is 0 Å². The van der Waals surface area contributed by atoms with Gasteiger partial charge in [0.1, 0.15) is 24.7 Å². The summed E-state index contributed by atoms with van der Waals surface area (Å²) in [5, 5.41) is 14.3. The predicted octanol–water partition coefficient (Wildman–Crippen LogP) is 0.708. The van der Waals surface area contributed by atoms with Crippen molar-refractivity contribution in [1.82, 2.24) is 20.1 Å². The minimum absolute atomic E-state index is 0.0938. The van der Waals surface area contributed by atoms with Crippen molar-refractivity contribution in [3.8, 4) is 11.8 Å². The molecule has 0 aliphatic carbocycles. The van der Waals surface area contributed by atoms with Crippen LogP contribution in [0, 0.1) is 11.3 Å². The summed E-state index contributed by atoms with van der Waals surface area (Å²) in [6.45, 7) is -3.26. The number of aromatic nitrogens is 3. The highest BCUT2D eigenvalue weighted by Gasteiger charge is 2.12. The third-order valence-electron chi connectivity index (χ3n) is 2.54. The topological polar surface area (TPSA) is 110 Å². The lowest BCUT2D eigenvalue weighted by Crippen LogP contribution is -2.33. The first-order valence-corrected chi connectivity index (χ1v) is 6.16. The molecule has 0 atom stereocenters. The van der Waals surface area contributed by atoms with E-state index >= 15 is 0 Å². The summed E-state index contributed by atoms with van der Waals surface area (Å²) >= 11 is 0. The number of carbonyl (C=O) groups is 2. The van der Waals surface area contributed by atoms with Gasteiger partial charge in [-0.1, -0.05) is 0 Å². The molecule has 0 unspecified atom stereocenters. The molecule has 0 aliphatic rings. The van der Waals surface area contributed by atoms with Gasteiger partial charge >= 0.3 is 6.61 Å². The van der Waals surface area contributed by atoms with Crippen LogP contribution in [0.4, 0.5) is 8.78 Å². The smallest absolute Gasteiger partial charge is 0.387 e. The molecule has 0 saturated carbocycles. The van der Waals surface area contributed by atoms with E-state index in [2.05, 4.69) is 20.1 Å². The Morgan fingerprint density at radius 2 is 2.04 bits per heavy atom. The molecule has 0 bridgehead atoms. The van der Waals surface area contributed by atoms with Crippen LogP contribution in [-0.4, -0.2) is 33.2 Å². The van der Waals surface area contributed by atoms with Crippen molar-refractivity contribution < 1.29 is 23.1 Å². The third kappa shape index (κ3) is 4.57. The van der Waals surface area contributed by atoms with E-state index in [1.165, 1.54) is 30.6 Å². The molecule has 8 nitrogen and oxygen atoms in total. The van der Waals surface area contributed by atoms with Crippen LogP contribution in [0.15, 0.2) is 30.6 Å². The van der Waals surface area contributed by atoms with Gasteiger partial charge in [-0.05, 0) is 24.3 Å². The quantitative estimate of drug-likeness (QED) is 0.868. The fourth-order valence-electron chi connectivity index (χ4n) is 1.60. The van der Waals surface area contributed by atoms with E-state index < -0.39 is 18.4 Å². The number of nitrogens with zero attached hydrogens (tertiary/aromatic N) is 4. The Labute approximate surface area is 128 Å². The SMILES string of the molecule is N#Cc1ncn(CC(=O)NC(=O)c2ccc(OC(F)F)cc2)n1. The highest BCUT2D eigenvalue weighted by atomic mass is 19.3. The zero-order valence-electron chi connectivity index (χ0n) is 11.4. The lowest BCUT2D eigenvalue weighted by molar-refractivity contribution is -0.120. The number of benzene rings is 1. The minimum atomic E-state index is -2.96. The van der Waals surface area contributed by atoms with Gasteiger partial charge in [-0.2, -0.15) is 14.0 Å². The number of imide groups is 1. The summed E-state index contributed by atoms with van der Waals surface area (Å²) in [4.78, 5) is 27.1. The molecule has 0 aliphatic heterocycles. The first-order chi connectivity index (χ1) is 11.0. The number of rotatable bonds is 5. The maximum atomic E-state index is 12.0. The van der Waals surface area contributed by atoms with Crippen molar-refractivity contribution in [3.63, 3.8) is 0 Å². The lowest BCUT2D eigenvalue weighted by atomic mass is 10.2. The molecule has 2 rings (SSSR count). The highest BCUT2D eigenvalue weighted by molar-refractivity contribution is 6.04. The predicted molar refractivity (Wildman–Crippen MR) is 70.3 cm³/mol. The van der Waals surface area contributed by atoms with Crippen LogP contribution in [0.2, 0.25) is 0 Å². The molecule has 1 aromatic carbocycles. The van der Waals surface area contributed by atoms with E-state index in [1.807, 2.05) is 0 Å². The summed E-state index contributed by atoms with van der Waals surface area (Å²) in [6.07, 6.45) is 1.18. The van der Waals surface area contributed by atoms with Gasteiger partial charge < -0.3 is 4.74 Å². The second-order valence-electron chi connectivity index (χ2n) is 4.16. The van der Waals surface area contributed by atoms with Gasteiger partial charge in [-0.25, -0.2) is 9.67 Å². The van der Waals surface area contributed by atoms with Crippen LogP contribution in [0.25, 0.3) is 0 Å². The number of ether oxygens (including phenoxy) is 1. The van der Waals surface area contributed by atoms with Crippen LogP contribution in [0.1, 0.15) is 16.2 Å². The monoisotopic (exact) mass is 321 g/mol. The third-order valence-corrected chi connectivity index (χ3v) is 2.54. The van der Waals surface area contributed by atoms with Crippen LogP contribution in [0.5, 0.6) is 5.75 Å². The Bertz CT molecular complexity index is 752. The molecule has 0 fully saturated rings. The van der Waals surface area contributed by atoms with Crippen molar-refractivity contribution in [2.75, 3.05) is 0 Å². The zero-order valence-corrected chi connectivity index (χ0v) is 11.4.